The Labute approximate surface area is 158 Å². The summed E-state index contributed by atoms with van der Waals surface area (Å²) in [5, 5.41) is 3.38. The van der Waals surface area contributed by atoms with Crippen LogP contribution in [0.4, 0.5) is 5.69 Å². The number of halogens is 3. The molecule has 1 saturated carbocycles. The van der Waals surface area contributed by atoms with Crippen LogP contribution in [0.15, 0.2) is 18.2 Å². The molecular weight excluding hydrogens is 373 g/mol. The maximum Gasteiger partial charge on any atom is 0.244 e. The van der Waals surface area contributed by atoms with E-state index >= 15 is 0 Å². The molecule has 2 amide bonds. The van der Waals surface area contributed by atoms with Gasteiger partial charge < -0.3 is 16.0 Å². The van der Waals surface area contributed by atoms with Crippen molar-refractivity contribution in [1.82, 2.24) is 4.90 Å². The van der Waals surface area contributed by atoms with E-state index in [9.17, 15) is 9.59 Å². The molecule has 1 aliphatic carbocycles. The lowest BCUT2D eigenvalue weighted by atomic mass is 9.95. The average Bonchev–Trinajstić information content (AvgIpc) is 2.98. The van der Waals surface area contributed by atoms with Gasteiger partial charge in [0.05, 0.1) is 22.3 Å². The summed E-state index contributed by atoms with van der Waals surface area (Å²) in [4.78, 5) is 26.1. The Kier molecular flexibility index (Phi) is 8.30. The van der Waals surface area contributed by atoms with Gasteiger partial charge in [-0.15, -0.1) is 12.4 Å². The first kappa shape index (κ1) is 21.0. The molecule has 0 spiro atoms. The fourth-order valence-electron chi connectivity index (χ4n) is 3.02. The van der Waals surface area contributed by atoms with E-state index in [1.807, 2.05) is 0 Å². The number of hydrogen-bond acceptors (Lipinski definition) is 3. The van der Waals surface area contributed by atoms with Crippen LogP contribution in [0.1, 0.15) is 19.3 Å². The van der Waals surface area contributed by atoms with Crippen molar-refractivity contribution < 1.29 is 9.59 Å². The minimum atomic E-state index is -0.335. The molecule has 3 N–H and O–H groups in total. The van der Waals surface area contributed by atoms with Gasteiger partial charge in [-0.3, -0.25) is 9.59 Å². The van der Waals surface area contributed by atoms with Crippen molar-refractivity contribution in [3.05, 3.63) is 28.2 Å². The predicted molar refractivity (Wildman–Crippen MR) is 99.9 cm³/mol. The molecule has 0 unspecified atom stereocenters. The highest BCUT2D eigenvalue weighted by molar-refractivity contribution is 6.39. The summed E-state index contributed by atoms with van der Waals surface area (Å²) < 4.78 is 0. The molecule has 1 fully saturated rings. The lowest BCUT2D eigenvalue weighted by Gasteiger charge is -2.24. The molecule has 0 aromatic heterocycles. The van der Waals surface area contributed by atoms with Crippen LogP contribution < -0.4 is 11.1 Å². The molecule has 1 aliphatic rings. The highest BCUT2D eigenvalue weighted by Gasteiger charge is 2.34. The number of para-hydroxylation sites is 1. The lowest BCUT2D eigenvalue weighted by molar-refractivity contribution is -0.137. The number of nitrogens with zero attached hydrogens (tertiary/aromatic N) is 1. The van der Waals surface area contributed by atoms with Gasteiger partial charge in [0.15, 0.2) is 0 Å². The topological polar surface area (TPSA) is 75.4 Å². The van der Waals surface area contributed by atoms with Crippen molar-refractivity contribution in [2.75, 3.05) is 25.5 Å². The number of nitrogens with two attached hydrogens (primary N) is 1. The molecule has 2 rings (SSSR count). The molecule has 1 aromatic rings. The van der Waals surface area contributed by atoms with Crippen LogP contribution in [-0.4, -0.2) is 36.9 Å². The Bertz CT molecular complexity index is 578. The van der Waals surface area contributed by atoms with E-state index < -0.39 is 0 Å². The van der Waals surface area contributed by atoms with Crippen LogP contribution in [-0.2, 0) is 9.59 Å². The zero-order valence-electron chi connectivity index (χ0n) is 13.4. The number of nitrogens with one attached hydrogen (secondary N) is 1. The van der Waals surface area contributed by atoms with Gasteiger partial charge in [0.25, 0.3) is 0 Å². The number of likely N-dealkylation sites (N-methyl/N-ethyl adjacent to an activating group) is 1. The third kappa shape index (κ3) is 4.99. The molecule has 1 aromatic carbocycles. The summed E-state index contributed by atoms with van der Waals surface area (Å²) in [6.45, 7) is 0.458. The van der Waals surface area contributed by atoms with Gasteiger partial charge in [0, 0.05) is 13.0 Å². The van der Waals surface area contributed by atoms with Crippen molar-refractivity contribution in [2.24, 2.45) is 17.6 Å². The third-order valence-corrected chi connectivity index (χ3v) is 4.89. The van der Waals surface area contributed by atoms with Gasteiger partial charge >= 0.3 is 0 Å². The van der Waals surface area contributed by atoms with E-state index in [1.165, 1.54) is 4.90 Å². The summed E-state index contributed by atoms with van der Waals surface area (Å²) in [6, 6.07) is 4.98. The van der Waals surface area contributed by atoms with Crippen LogP contribution in [0.3, 0.4) is 0 Å². The largest absolute Gasteiger partial charge is 0.336 e. The fraction of sp³-hybridized carbons (Fsp3) is 0.500. The Hall–Kier alpha value is -1.01. The van der Waals surface area contributed by atoms with Gasteiger partial charge in [0.2, 0.25) is 11.8 Å². The van der Waals surface area contributed by atoms with Gasteiger partial charge in [-0.25, -0.2) is 0 Å². The summed E-state index contributed by atoms with van der Waals surface area (Å²) in [5.41, 5.74) is 6.08. The second-order valence-electron chi connectivity index (χ2n) is 5.87. The Morgan fingerprint density at radius 2 is 1.92 bits per heavy atom. The highest BCUT2D eigenvalue weighted by Crippen LogP contribution is 2.32. The van der Waals surface area contributed by atoms with Crippen molar-refractivity contribution >= 4 is 53.1 Å². The van der Waals surface area contributed by atoms with Crippen LogP contribution in [0.25, 0.3) is 0 Å². The van der Waals surface area contributed by atoms with E-state index in [-0.39, 0.29) is 42.6 Å². The first-order valence-corrected chi connectivity index (χ1v) is 8.38. The van der Waals surface area contributed by atoms with Crippen molar-refractivity contribution in [1.29, 1.82) is 0 Å². The molecule has 0 heterocycles. The minimum absolute atomic E-state index is 0. The Morgan fingerprint density at radius 1 is 1.29 bits per heavy atom. The van der Waals surface area contributed by atoms with E-state index in [0.717, 1.165) is 19.3 Å². The van der Waals surface area contributed by atoms with Gasteiger partial charge in [-0.1, -0.05) is 35.7 Å². The maximum atomic E-state index is 12.5. The fourth-order valence-corrected chi connectivity index (χ4v) is 3.51. The lowest BCUT2D eigenvalue weighted by Crippen LogP contribution is -2.40. The normalized spacial score (nSPS) is 19.5. The smallest absolute Gasteiger partial charge is 0.244 e. The summed E-state index contributed by atoms with van der Waals surface area (Å²) in [6.07, 6.45) is 2.82. The monoisotopic (exact) mass is 393 g/mol. The van der Waals surface area contributed by atoms with Crippen LogP contribution >= 0.6 is 35.6 Å². The number of carbonyl (C=O) groups excluding carboxylic acids is 2. The highest BCUT2D eigenvalue weighted by atomic mass is 35.5. The number of anilines is 1. The van der Waals surface area contributed by atoms with Crippen LogP contribution in [0, 0.1) is 11.8 Å². The van der Waals surface area contributed by atoms with Crippen molar-refractivity contribution in [3.63, 3.8) is 0 Å². The zero-order chi connectivity index (χ0) is 17.0. The minimum Gasteiger partial charge on any atom is -0.336 e. The number of amides is 2. The molecule has 8 heteroatoms. The first-order chi connectivity index (χ1) is 10.9. The molecule has 24 heavy (non-hydrogen) atoms. The average molecular weight is 395 g/mol. The Morgan fingerprint density at radius 3 is 2.50 bits per heavy atom. The molecule has 0 bridgehead atoms. The molecule has 2 atom stereocenters. The van der Waals surface area contributed by atoms with Crippen molar-refractivity contribution in [2.45, 2.75) is 19.3 Å². The van der Waals surface area contributed by atoms with Gasteiger partial charge in [-0.2, -0.15) is 0 Å². The number of carbonyl (C=O) groups is 2. The predicted octanol–water partition coefficient (Wildman–Crippen LogP) is 3.19. The maximum absolute atomic E-state index is 12.5. The van der Waals surface area contributed by atoms with Gasteiger partial charge in [0.1, 0.15) is 0 Å². The molecule has 0 saturated heterocycles. The van der Waals surface area contributed by atoms with E-state index in [4.69, 9.17) is 28.9 Å². The van der Waals surface area contributed by atoms with Crippen LogP contribution in [0.2, 0.25) is 10.0 Å². The quantitative estimate of drug-likeness (QED) is 0.805. The molecule has 0 radical (unpaired) electrons. The molecule has 134 valence electrons. The summed E-state index contributed by atoms with van der Waals surface area (Å²) >= 11 is 12.0. The van der Waals surface area contributed by atoms with E-state index in [0.29, 0.717) is 22.3 Å². The zero-order valence-corrected chi connectivity index (χ0v) is 15.8. The molecule has 5 nitrogen and oxygen atoms in total. The number of rotatable bonds is 5. The summed E-state index contributed by atoms with van der Waals surface area (Å²) in [7, 11) is 1.63. The second-order valence-corrected chi connectivity index (χ2v) is 6.69. The number of benzene rings is 1. The summed E-state index contributed by atoms with van der Waals surface area (Å²) in [5.74, 6) is -0.232. The number of hydrogen-bond donors (Lipinski definition) is 2. The molecular formula is C16H22Cl3N3O2. The standard InChI is InChI=1S/C16H21Cl2N3O2.ClH/c1-21(16(23)11-5-2-4-10(11)8-19)9-14(22)20-15-12(17)6-3-7-13(15)18;/h3,6-7,10-11H,2,4-5,8-9,19H2,1H3,(H,20,22);1H/t10-,11-;/m1./s1. The van der Waals surface area contributed by atoms with E-state index in [1.54, 1.807) is 25.2 Å². The Balaban J connectivity index is 0.00000288. The van der Waals surface area contributed by atoms with E-state index in [2.05, 4.69) is 5.32 Å². The molecule has 0 aliphatic heterocycles. The van der Waals surface area contributed by atoms with Crippen molar-refractivity contribution in [3.8, 4) is 0 Å². The van der Waals surface area contributed by atoms with Gasteiger partial charge in [-0.05, 0) is 37.4 Å². The SMILES string of the molecule is CN(CC(=O)Nc1c(Cl)cccc1Cl)C(=O)[C@@H]1CCC[C@@H]1CN.Cl. The second kappa shape index (κ2) is 9.47. The third-order valence-electron chi connectivity index (χ3n) is 4.26. The van der Waals surface area contributed by atoms with Crippen LogP contribution in [0.5, 0.6) is 0 Å². The first-order valence-electron chi connectivity index (χ1n) is 7.63.